The van der Waals surface area contributed by atoms with Gasteiger partial charge < -0.3 is 4.42 Å². The third kappa shape index (κ3) is 4.98. The highest BCUT2D eigenvalue weighted by molar-refractivity contribution is 6.06. The van der Waals surface area contributed by atoms with E-state index in [0.717, 1.165) is 61.1 Å². The summed E-state index contributed by atoms with van der Waals surface area (Å²) < 4.78 is 6.51. The van der Waals surface area contributed by atoms with E-state index >= 15 is 0 Å². The minimum Gasteiger partial charge on any atom is -0.456 e. The van der Waals surface area contributed by atoms with Gasteiger partial charge in [-0.1, -0.05) is 170 Å². The standard InChI is InChI=1S/C53H34N2O/c1-5-17-35(18-6-1)48-34-49(55-52(54-48)36-19-7-2-8-20-36)45-32-44-40-25-13-15-27-46(40)53(38-21-9-3-10-22-38,39-23-11-4-12-24-39)47(44)33-43(45)37-29-30-42-41-26-14-16-28-50(41)56-51(42)31-37/h1-34H. The fourth-order valence-corrected chi connectivity index (χ4v) is 8.89. The molecule has 1 aliphatic rings. The molecule has 3 heteroatoms. The molecule has 0 atom stereocenters. The van der Waals surface area contributed by atoms with Crippen molar-refractivity contribution in [2.45, 2.75) is 5.41 Å². The quantitative estimate of drug-likeness (QED) is 0.172. The van der Waals surface area contributed by atoms with Crippen LogP contribution in [0.25, 0.3) is 78.1 Å². The normalized spacial score (nSPS) is 12.8. The monoisotopic (exact) mass is 714 g/mol. The Hall–Kier alpha value is -7.36. The van der Waals surface area contributed by atoms with E-state index in [9.17, 15) is 0 Å². The third-order valence-corrected chi connectivity index (χ3v) is 11.4. The van der Waals surface area contributed by atoms with Gasteiger partial charge in [-0.25, -0.2) is 9.97 Å². The van der Waals surface area contributed by atoms with Gasteiger partial charge in [-0.15, -0.1) is 0 Å². The van der Waals surface area contributed by atoms with E-state index in [-0.39, 0.29) is 0 Å². The van der Waals surface area contributed by atoms with Gasteiger partial charge >= 0.3 is 0 Å². The highest BCUT2D eigenvalue weighted by Crippen LogP contribution is 2.58. The predicted molar refractivity (Wildman–Crippen MR) is 228 cm³/mol. The fraction of sp³-hybridized carbons (Fsp3) is 0.0189. The molecule has 2 heterocycles. The van der Waals surface area contributed by atoms with Crippen molar-refractivity contribution in [3.63, 3.8) is 0 Å². The Morgan fingerprint density at radius 1 is 0.339 bits per heavy atom. The maximum absolute atomic E-state index is 6.51. The van der Waals surface area contributed by atoms with Crippen molar-refractivity contribution in [3.05, 3.63) is 229 Å². The van der Waals surface area contributed by atoms with Crippen LogP contribution in [0.4, 0.5) is 0 Å². The Kier molecular flexibility index (Phi) is 7.39. The van der Waals surface area contributed by atoms with Crippen LogP contribution in [0.3, 0.4) is 0 Å². The average molecular weight is 715 g/mol. The van der Waals surface area contributed by atoms with Crippen LogP contribution in [0, 0.1) is 0 Å². The Balaban J connectivity index is 1.26. The zero-order valence-corrected chi connectivity index (χ0v) is 30.4. The van der Waals surface area contributed by atoms with Crippen LogP contribution in [0.5, 0.6) is 0 Å². The summed E-state index contributed by atoms with van der Waals surface area (Å²) in [5.74, 6) is 0.685. The zero-order chi connectivity index (χ0) is 37.1. The van der Waals surface area contributed by atoms with Crippen LogP contribution in [0.2, 0.25) is 0 Å². The number of para-hydroxylation sites is 1. The van der Waals surface area contributed by atoms with Crippen LogP contribution in [-0.2, 0) is 5.41 Å². The van der Waals surface area contributed by atoms with Gasteiger partial charge in [-0.3, -0.25) is 0 Å². The Labute approximate surface area is 325 Å². The molecule has 0 aliphatic heterocycles. The smallest absolute Gasteiger partial charge is 0.160 e. The van der Waals surface area contributed by atoms with Gasteiger partial charge in [0.1, 0.15) is 11.2 Å². The lowest BCUT2D eigenvalue weighted by atomic mass is 9.67. The summed E-state index contributed by atoms with van der Waals surface area (Å²) in [6, 6.07) is 73.4. The first-order valence-electron chi connectivity index (χ1n) is 19.1. The summed E-state index contributed by atoms with van der Waals surface area (Å²) in [5.41, 5.74) is 15.4. The molecular formula is C53H34N2O. The molecule has 1 aliphatic carbocycles. The topological polar surface area (TPSA) is 38.9 Å². The van der Waals surface area contributed by atoms with Crippen molar-refractivity contribution >= 4 is 21.9 Å². The van der Waals surface area contributed by atoms with Gasteiger partial charge in [0.2, 0.25) is 0 Å². The van der Waals surface area contributed by atoms with Gasteiger partial charge in [0.15, 0.2) is 5.82 Å². The molecule has 56 heavy (non-hydrogen) atoms. The number of nitrogens with zero attached hydrogens (tertiary/aromatic N) is 2. The van der Waals surface area contributed by atoms with E-state index in [1.165, 1.54) is 33.4 Å². The largest absolute Gasteiger partial charge is 0.456 e. The summed E-state index contributed by atoms with van der Waals surface area (Å²) in [6.07, 6.45) is 0. The molecule has 0 bridgehead atoms. The van der Waals surface area contributed by atoms with Gasteiger partial charge in [0.25, 0.3) is 0 Å². The summed E-state index contributed by atoms with van der Waals surface area (Å²) in [7, 11) is 0. The van der Waals surface area contributed by atoms with Crippen molar-refractivity contribution in [1.29, 1.82) is 0 Å². The second kappa shape index (κ2) is 12.9. The molecule has 0 unspecified atom stereocenters. The second-order valence-electron chi connectivity index (χ2n) is 14.5. The molecule has 0 spiro atoms. The van der Waals surface area contributed by atoms with E-state index in [2.05, 4.69) is 170 Å². The fourth-order valence-electron chi connectivity index (χ4n) is 8.89. The van der Waals surface area contributed by atoms with E-state index < -0.39 is 5.41 Å². The number of hydrogen-bond acceptors (Lipinski definition) is 3. The zero-order valence-electron chi connectivity index (χ0n) is 30.4. The summed E-state index contributed by atoms with van der Waals surface area (Å²) >= 11 is 0. The molecular weight excluding hydrogens is 681 g/mol. The highest BCUT2D eigenvalue weighted by Gasteiger charge is 2.46. The molecule has 0 radical (unpaired) electrons. The van der Waals surface area contributed by atoms with Crippen LogP contribution < -0.4 is 0 Å². The lowest BCUT2D eigenvalue weighted by Crippen LogP contribution is -2.28. The lowest BCUT2D eigenvalue weighted by Gasteiger charge is -2.34. The summed E-state index contributed by atoms with van der Waals surface area (Å²) in [4.78, 5) is 10.5. The molecule has 0 N–H and O–H groups in total. The van der Waals surface area contributed by atoms with E-state index in [1.807, 2.05) is 36.4 Å². The van der Waals surface area contributed by atoms with Gasteiger partial charge in [-0.05, 0) is 80.9 Å². The molecule has 0 saturated carbocycles. The SMILES string of the molecule is c1ccc(-c2cc(-c3cc4c(cc3-c3ccc5c(c3)oc3ccccc35)C(c3ccccc3)(c3ccccc3)c3ccccc3-4)nc(-c3ccccc3)n2)cc1. The summed E-state index contributed by atoms with van der Waals surface area (Å²) in [6.45, 7) is 0. The Morgan fingerprint density at radius 3 is 1.66 bits per heavy atom. The van der Waals surface area contributed by atoms with Gasteiger partial charge in [-0.2, -0.15) is 0 Å². The third-order valence-electron chi connectivity index (χ3n) is 11.4. The lowest BCUT2D eigenvalue weighted by molar-refractivity contribution is 0.669. The highest BCUT2D eigenvalue weighted by atomic mass is 16.3. The van der Waals surface area contributed by atoms with Crippen molar-refractivity contribution in [1.82, 2.24) is 9.97 Å². The van der Waals surface area contributed by atoms with E-state index in [4.69, 9.17) is 14.4 Å². The van der Waals surface area contributed by atoms with Crippen molar-refractivity contribution in [2.24, 2.45) is 0 Å². The van der Waals surface area contributed by atoms with Crippen molar-refractivity contribution in [3.8, 4) is 56.2 Å². The molecule has 11 rings (SSSR count). The summed E-state index contributed by atoms with van der Waals surface area (Å²) in [5, 5.41) is 2.21. The number of furan rings is 1. The number of aromatic nitrogens is 2. The molecule has 262 valence electrons. The molecule has 3 nitrogen and oxygen atoms in total. The number of hydrogen-bond donors (Lipinski definition) is 0. The number of fused-ring (bicyclic) bond motifs is 6. The first-order valence-corrected chi connectivity index (χ1v) is 19.1. The Bertz CT molecular complexity index is 2960. The maximum Gasteiger partial charge on any atom is 0.160 e. The van der Waals surface area contributed by atoms with E-state index in [0.29, 0.717) is 5.82 Å². The maximum atomic E-state index is 6.51. The first-order chi connectivity index (χ1) is 27.8. The number of benzene rings is 8. The van der Waals surface area contributed by atoms with Crippen LogP contribution >= 0.6 is 0 Å². The molecule has 10 aromatic rings. The van der Waals surface area contributed by atoms with Crippen molar-refractivity contribution < 1.29 is 4.42 Å². The van der Waals surface area contributed by atoms with E-state index in [1.54, 1.807) is 0 Å². The van der Waals surface area contributed by atoms with Gasteiger partial charge in [0, 0.05) is 27.5 Å². The molecule has 0 fully saturated rings. The molecule has 0 saturated heterocycles. The van der Waals surface area contributed by atoms with Crippen molar-refractivity contribution in [2.75, 3.05) is 0 Å². The Morgan fingerprint density at radius 2 is 0.929 bits per heavy atom. The molecule has 2 aromatic heterocycles. The first kappa shape index (κ1) is 32.1. The minimum atomic E-state index is -0.554. The molecule has 8 aromatic carbocycles. The predicted octanol–water partition coefficient (Wildman–Crippen LogP) is 13.4. The number of rotatable bonds is 6. The van der Waals surface area contributed by atoms with Crippen LogP contribution in [-0.4, -0.2) is 9.97 Å². The minimum absolute atomic E-state index is 0.554. The average Bonchev–Trinajstić information content (AvgIpc) is 3.80. The van der Waals surface area contributed by atoms with Crippen LogP contribution in [0.1, 0.15) is 22.3 Å². The van der Waals surface area contributed by atoms with Gasteiger partial charge in [0.05, 0.1) is 16.8 Å². The second-order valence-corrected chi connectivity index (χ2v) is 14.5. The molecule has 0 amide bonds. The van der Waals surface area contributed by atoms with Crippen LogP contribution in [0.15, 0.2) is 211 Å².